The van der Waals surface area contributed by atoms with Crippen LogP contribution in [0.1, 0.15) is 30.7 Å². The van der Waals surface area contributed by atoms with E-state index in [0.29, 0.717) is 22.0 Å². The monoisotopic (exact) mass is 358 g/mol. The third kappa shape index (κ3) is 3.16. The topological polar surface area (TPSA) is 47.3 Å². The molecule has 4 nitrogen and oxygen atoms in total. The van der Waals surface area contributed by atoms with Crippen molar-refractivity contribution in [2.75, 3.05) is 7.11 Å². The van der Waals surface area contributed by atoms with Crippen molar-refractivity contribution in [2.45, 2.75) is 26.0 Å². The van der Waals surface area contributed by atoms with Crippen molar-refractivity contribution in [1.29, 1.82) is 0 Å². The van der Waals surface area contributed by atoms with Crippen LogP contribution in [-0.4, -0.2) is 22.0 Å². The van der Waals surface area contributed by atoms with E-state index >= 15 is 0 Å². The van der Waals surface area contributed by atoms with Crippen LogP contribution in [0.2, 0.25) is 5.02 Å². The van der Waals surface area contributed by atoms with Gasteiger partial charge in [0.1, 0.15) is 11.8 Å². The highest BCUT2D eigenvalue weighted by atomic mass is 79.9. The van der Waals surface area contributed by atoms with Crippen molar-refractivity contribution in [2.24, 2.45) is 0 Å². The Morgan fingerprint density at radius 3 is 2.80 bits per heavy atom. The van der Waals surface area contributed by atoms with Gasteiger partial charge in [0, 0.05) is 16.0 Å². The molecule has 20 heavy (non-hydrogen) atoms. The van der Waals surface area contributed by atoms with Gasteiger partial charge in [-0.1, -0.05) is 34.5 Å². The van der Waals surface area contributed by atoms with Gasteiger partial charge in [0.15, 0.2) is 5.75 Å². The van der Waals surface area contributed by atoms with Gasteiger partial charge in [0.25, 0.3) is 0 Å². The molecule has 1 unspecified atom stereocenters. The second-order valence-electron chi connectivity index (χ2n) is 4.43. The van der Waals surface area contributed by atoms with Crippen molar-refractivity contribution in [1.82, 2.24) is 9.78 Å². The van der Waals surface area contributed by atoms with Crippen LogP contribution in [0.25, 0.3) is 0 Å². The molecule has 0 aliphatic heterocycles. The number of aliphatic hydroxyl groups is 1. The van der Waals surface area contributed by atoms with E-state index in [0.717, 1.165) is 17.4 Å². The number of aromatic nitrogens is 2. The standard InChI is InChI=1S/C14H16BrClN2O2/c1-3-4-18-13(12(20-2)8-17-18)14(19)9-5-10(15)7-11(16)6-9/h5-8,14,19H,3-4H2,1-2H3. The molecule has 1 heterocycles. The van der Waals surface area contributed by atoms with E-state index in [1.54, 1.807) is 30.1 Å². The molecular weight excluding hydrogens is 344 g/mol. The third-order valence-electron chi connectivity index (χ3n) is 2.96. The van der Waals surface area contributed by atoms with Gasteiger partial charge in [0.05, 0.1) is 13.3 Å². The van der Waals surface area contributed by atoms with Gasteiger partial charge in [0.2, 0.25) is 0 Å². The van der Waals surface area contributed by atoms with E-state index in [2.05, 4.69) is 28.0 Å². The third-order valence-corrected chi connectivity index (χ3v) is 3.64. The number of rotatable bonds is 5. The fourth-order valence-electron chi connectivity index (χ4n) is 2.09. The highest BCUT2D eigenvalue weighted by molar-refractivity contribution is 9.10. The second kappa shape index (κ2) is 6.61. The Morgan fingerprint density at radius 1 is 1.45 bits per heavy atom. The highest BCUT2D eigenvalue weighted by Crippen LogP contribution is 2.32. The summed E-state index contributed by atoms with van der Waals surface area (Å²) in [5.74, 6) is 0.571. The van der Waals surface area contributed by atoms with Gasteiger partial charge in [-0.2, -0.15) is 5.10 Å². The summed E-state index contributed by atoms with van der Waals surface area (Å²) in [7, 11) is 1.57. The number of benzene rings is 1. The van der Waals surface area contributed by atoms with Crippen LogP contribution < -0.4 is 4.74 Å². The quantitative estimate of drug-likeness (QED) is 0.883. The molecule has 0 radical (unpaired) electrons. The fraction of sp³-hybridized carbons (Fsp3) is 0.357. The molecule has 0 bridgehead atoms. The maximum absolute atomic E-state index is 10.6. The van der Waals surface area contributed by atoms with Gasteiger partial charge < -0.3 is 9.84 Å². The van der Waals surface area contributed by atoms with Gasteiger partial charge in [-0.25, -0.2) is 0 Å². The van der Waals surface area contributed by atoms with Gasteiger partial charge in [-0.05, 0) is 30.2 Å². The summed E-state index contributed by atoms with van der Waals surface area (Å²) >= 11 is 9.42. The largest absolute Gasteiger partial charge is 0.493 e. The Hall–Kier alpha value is -1.04. The number of halogens is 2. The van der Waals surface area contributed by atoms with E-state index in [-0.39, 0.29) is 0 Å². The molecule has 1 aromatic heterocycles. The van der Waals surface area contributed by atoms with E-state index in [1.807, 2.05) is 6.07 Å². The zero-order valence-electron chi connectivity index (χ0n) is 11.3. The molecule has 2 aromatic rings. The second-order valence-corrected chi connectivity index (χ2v) is 5.78. The predicted octanol–water partition coefficient (Wildman–Crippen LogP) is 3.80. The fourth-order valence-corrected chi connectivity index (χ4v) is 2.98. The summed E-state index contributed by atoms with van der Waals surface area (Å²) in [6.45, 7) is 2.78. The lowest BCUT2D eigenvalue weighted by molar-refractivity contribution is 0.202. The number of hydrogen-bond donors (Lipinski definition) is 1. The zero-order chi connectivity index (χ0) is 14.7. The molecule has 0 fully saturated rings. The van der Waals surface area contributed by atoms with Crippen molar-refractivity contribution >= 4 is 27.5 Å². The Balaban J connectivity index is 2.45. The lowest BCUT2D eigenvalue weighted by Crippen LogP contribution is -2.11. The molecule has 1 N–H and O–H groups in total. The van der Waals surface area contributed by atoms with Crippen LogP contribution in [0.3, 0.4) is 0 Å². The molecule has 0 saturated heterocycles. The number of methoxy groups -OCH3 is 1. The minimum absolute atomic E-state index is 0.564. The summed E-state index contributed by atoms with van der Waals surface area (Å²) in [4.78, 5) is 0. The summed E-state index contributed by atoms with van der Waals surface area (Å²) in [6.07, 6.45) is 1.70. The first-order chi connectivity index (χ1) is 9.56. The van der Waals surface area contributed by atoms with Crippen molar-refractivity contribution < 1.29 is 9.84 Å². The van der Waals surface area contributed by atoms with Gasteiger partial charge in [-0.15, -0.1) is 0 Å². The molecule has 1 atom stereocenters. The van der Waals surface area contributed by atoms with E-state index in [1.165, 1.54) is 0 Å². The van der Waals surface area contributed by atoms with Crippen molar-refractivity contribution in [3.05, 3.63) is 45.1 Å². The molecule has 2 rings (SSSR count). The molecule has 6 heteroatoms. The zero-order valence-corrected chi connectivity index (χ0v) is 13.6. The van der Waals surface area contributed by atoms with Crippen LogP contribution in [0.5, 0.6) is 5.75 Å². The SMILES string of the molecule is CCCn1ncc(OC)c1C(O)c1cc(Cl)cc(Br)c1. The van der Waals surface area contributed by atoms with Gasteiger partial charge >= 0.3 is 0 Å². The highest BCUT2D eigenvalue weighted by Gasteiger charge is 2.22. The normalized spacial score (nSPS) is 12.4. The average molecular weight is 360 g/mol. The molecule has 0 aliphatic rings. The van der Waals surface area contributed by atoms with Crippen LogP contribution in [0.4, 0.5) is 0 Å². The molecule has 0 aliphatic carbocycles. The minimum atomic E-state index is -0.839. The number of ether oxygens (including phenoxy) is 1. The van der Waals surface area contributed by atoms with Crippen LogP contribution in [0.15, 0.2) is 28.9 Å². The number of aliphatic hydroxyl groups excluding tert-OH is 1. The number of nitrogens with zero attached hydrogens (tertiary/aromatic N) is 2. The van der Waals surface area contributed by atoms with E-state index in [4.69, 9.17) is 16.3 Å². The lowest BCUT2D eigenvalue weighted by atomic mass is 10.1. The maximum Gasteiger partial charge on any atom is 0.163 e. The summed E-state index contributed by atoms with van der Waals surface area (Å²) in [6, 6.07) is 5.34. The smallest absolute Gasteiger partial charge is 0.163 e. The first kappa shape index (κ1) is 15.4. The van der Waals surface area contributed by atoms with Crippen LogP contribution >= 0.6 is 27.5 Å². The molecule has 1 aromatic carbocycles. The summed E-state index contributed by atoms with van der Waals surface area (Å²) in [5.41, 5.74) is 1.34. The van der Waals surface area contributed by atoms with Gasteiger partial charge in [-0.3, -0.25) is 4.68 Å². The van der Waals surface area contributed by atoms with Crippen LogP contribution in [0, 0.1) is 0 Å². The van der Waals surface area contributed by atoms with Crippen LogP contribution in [-0.2, 0) is 6.54 Å². The predicted molar refractivity (Wildman–Crippen MR) is 82.3 cm³/mol. The van der Waals surface area contributed by atoms with E-state index < -0.39 is 6.10 Å². The van der Waals surface area contributed by atoms with Crippen molar-refractivity contribution in [3.63, 3.8) is 0 Å². The Bertz CT molecular complexity index is 581. The first-order valence-corrected chi connectivity index (χ1v) is 7.47. The molecule has 0 amide bonds. The Kier molecular flexibility index (Phi) is 5.07. The van der Waals surface area contributed by atoms with Crippen molar-refractivity contribution in [3.8, 4) is 5.75 Å². The first-order valence-electron chi connectivity index (χ1n) is 6.30. The molecule has 108 valence electrons. The minimum Gasteiger partial charge on any atom is -0.493 e. The summed E-state index contributed by atoms with van der Waals surface area (Å²) in [5, 5.41) is 15.4. The molecular formula is C14H16BrClN2O2. The summed E-state index contributed by atoms with van der Waals surface area (Å²) < 4.78 is 7.87. The molecule has 0 saturated carbocycles. The number of hydrogen-bond acceptors (Lipinski definition) is 3. The lowest BCUT2D eigenvalue weighted by Gasteiger charge is -2.15. The molecule has 0 spiro atoms. The number of aryl methyl sites for hydroxylation is 1. The maximum atomic E-state index is 10.6. The average Bonchev–Trinajstić information content (AvgIpc) is 2.80. The Morgan fingerprint density at radius 2 is 2.20 bits per heavy atom. The Labute approximate surface area is 131 Å². The van der Waals surface area contributed by atoms with E-state index in [9.17, 15) is 5.11 Å².